The highest BCUT2D eigenvalue weighted by Gasteiger charge is 2.09. The van der Waals surface area contributed by atoms with Gasteiger partial charge in [0.1, 0.15) is 5.75 Å². The van der Waals surface area contributed by atoms with Crippen molar-refractivity contribution in [1.82, 2.24) is 0 Å². The molecule has 0 aliphatic heterocycles. The molecule has 0 bridgehead atoms. The summed E-state index contributed by atoms with van der Waals surface area (Å²) in [6.07, 6.45) is 0.831. The first-order valence-corrected chi connectivity index (χ1v) is 6.18. The zero-order valence-electron chi connectivity index (χ0n) is 10.1. The van der Waals surface area contributed by atoms with Gasteiger partial charge in [-0.15, -0.1) is 11.3 Å². The minimum absolute atomic E-state index is 0.593. The summed E-state index contributed by atoms with van der Waals surface area (Å²) in [5, 5.41) is 0. The van der Waals surface area contributed by atoms with E-state index in [-0.39, 0.29) is 0 Å². The average molecular weight is 246 g/mol. The summed E-state index contributed by atoms with van der Waals surface area (Å²) in [6.45, 7) is 4.18. The van der Waals surface area contributed by atoms with Crippen molar-refractivity contribution in [3.63, 3.8) is 0 Å². The lowest BCUT2D eigenvalue weighted by Gasteiger charge is -2.06. The van der Waals surface area contributed by atoms with E-state index in [1.807, 2.05) is 18.2 Å². The van der Waals surface area contributed by atoms with Gasteiger partial charge in [-0.05, 0) is 49.2 Å². The van der Waals surface area contributed by atoms with Crippen LogP contribution < -0.4 is 4.74 Å². The van der Waals surface area contributed by atoms with Gasteiger partial charge < -0.3 is 4.74 Å². The summed E-state index contributed by atoms with van der Waals surface area (Å²) in [5.74, 6) is 0.620. The maximum absolute atomic E-state index is 11.0. The average Bonchev–Trinajstić information content (AvgIpc) is 2.67. The summed E-state index contributed by atoms with van der Waals surface area (Å²) >= 11 is 1.74. The topological polar surface area (TPSA) is 26.3 Å². The van der Waals surface area contributed by atoms with Crippen molar-refractivity contribution < 1.29 is 9.53 Å². The Morgan fingerprint density at radius 2 is 2.00 bits per heavy atom. The molecule has 2 rings (SSSR count). The van der Waals surface area contributed by atoms with Gasteiger partial charge in [-0.25, -0.2) is 0 Å². The van der Waals surface area contributed by atoms with Gasteiger partial charge >= 0.3 is 0 Å². The van der Waals surface area contributed by atoms with E-state index in [1.165, 1.54) is 15.3 Å². The predicted molar refractivity (Wildman–Crippen MR) is 71.2 cm³/mol. The van der Waals surface area contributed by atoms with E-state index < -0.39 is 0 Å². The highest BCUT2D eigenvalue weighted by atomic mass is 32.1. The molecular weight excluding hydrogens is 232 g/mol. The number of ether oxygens (including phenoxy) is 1. The van der Waals surface area contributed by atoms with Gasteiger partial charge in [0, 0.05) is 9.75 Å². The Bertz CT molecular complexity index is 555. The van der Waals surface area contributed by atoms with Gasteiger partial charge in [-0.2, -0.15) is 0 Å². The van der Waals surface area contributed by atoms with Crippen molar-refractivity contribution in [2.75, 3.05) is 7.11 Å². The van der Waals surface area contributed by atoms with Crippen molar-refractivity contribution in [2.24, 2.45) is 0 Å². The van der Waals surface area contributed by atoms with Crippen LogP contribution in [0.1, 0.15) is 20.8 Å². The molecule has 0 unspecified atom stereocenters. The normalized spacial score (nSPS) is 10.3. The number of aldehydes is 1. The molecule has 0 aliphatic carbocycles. The van der Waals surface area contributed by atoms with E-state index in [4.69, 9.17) is 4.74 Å². The van der Waals surface area contributed by atoms with Crippen LogP contribution in [-0.2, 0) is 0 Å². The first-order chi connectivity index (χ1) is 8.15. The number of benzene rings is 1. The zero-order chi connectivity index (χ0) is 12.4. The second kappa shape index (κ2) is 4.72. The molecule has 88 valence electrons. The van der Waals surface area contributed by atoms with Crippen molar-refractivity contribution in [3.05, 3.63) is 40.3 Å². The maximum atomic E-state index is 11.0. The smallest absolute Gasteiger partial charge is 0.153 e. The number of thiophene rings is 1. The maximum Gasteiger partial charge on any atom is 0.153 e. The fourth-order valence-electron chi connectivity index (χ4n) is 1.90. The number of carbonyl (C=O) groups is 1. The Kier molecular flexibility index (Phi) is 3.29. The third kappa shape index (κ3) is 2.24. The zero-order valence-corrected chi connectivity index (χ0v) is 10.9. The van der Waals surface area contributed by atoms with E-state index >= 15 is 0 Å². The first kappa shape index (κ1) is 11.9. The van der Waals surface area contributed by atoms with Crippen molar-refractivity contribution >= 4 is 17.6 Å². The first-order valence-electron chi connectivity index (χ1n) is 5.36. The third-order valence-electron chi connectivity index (χ3n) is 2.66. The Balaban J connectivity index is 2.53. The number of methoxy groups -OCH3 is 1. The van der Waals surface area contributed by atoms with Crippen LogP contribution in [-0.4, -0.2) is 13.4 Å². The number of carbonyl (C=O) groups excluding carboxylic acids is 1. The number of hydrogen-bond acceptors (Lipinski definition) is 3. The fraction of sp³-hybridized carbons (Fsp3) is 0.214. The van der Waals surface area contributed by atoms with Gasteiger partial charge in [0.05, 0.1) is 12.7 Å². The monoisotopic (exact) mass is 246 g/mol. The molecular formula is C14H14O2S. The van der Waals surface area contributed by atoms with Crippen LogP contribution >= 0.6 is 11.3 Å². The van der Waals surface area contributed by atoms with E-state index in [9.17, 15) is 4.79 Å². The number of aryl methyl sites for hydroxylation is 2. The summed E-state index contributed by atoms with van der Waals surface area (Å²) in [5.41, 5.74) is 2.91. The second-order valence-electron chi connectivity index (χ2n) is 3.94. The number of rotatable bonds is 3. The molecule has 0 fully saturated rings. The van der Waals surface area contributed by atoms with Crippen LogP contribution in [0.5, 0.6) is 5.75 Å². The lowest BCUT2D eigenvalue weighted by atomic mass is 10.1. The van der Waals surface area contributed by atoms with Gasteiger partial charge in [0.2, 0.25) is 0 Å². The SMILES string of the molecule is COc1ccc(-c2sc(C)cc2C)cc1C=O. The molecule has 2 nitrogen and oxygen atoms in total. The molecule has 0 N–H and O–H groups in total. The lowest BCUT2D eigenvalue weighted by molar-refractivity contribution is 0.112. The molecule has 0 spiro atoms. The summed E-state index contributed by atoms with van der Waals surface area (Å²) in [7, 11) is 1.57. The van der Waals surface area contributed by atoms with Crippen LogP contribution in [0.3, 0.4) is 0 Å². The molecule has 2 aromatic rings. The van der Waals surface area contributed by atoms with Gasteiger partial charge in [-0.1, -0.05) is 0 Å². The van der Waals surface area contributed by atoms with Crippen LogP contribution in [0, 0.1) is 13.8 Å². The Labute approximate surface area is 105 Å². The molecule has 3 heteroatoms. The van der Waals surface area contributed by atoms with E-state index in [1.54, 1.807) is 18.4 Å². The highest BCUT2D eigenvalue weighted by molar-refractivity contribution is 7.15. The van der Waals surface area contributed by atoms with Gasteiger partial charge in [-0.3, -0.25) is 4.79 Å². The Morgan fingerprint density at radius 1 is 1.24 bits per heavy atom. The molecule has 0 amide bonds. The molecule has 1 aromatic heterocycles. The predicted octanol–water partition coefficient (Wildman–Crippen LogP) is 3.85. The molecule has 17 heavy (non-hydrogen) atoms. The quantitative estimate of drug-likeness (QED) is 0.769. The Hall–Kier alpha value is -1.61. The van der Waals surface area contributed by atoms with Crippen molar-refractivity contribution in [2.45, 2.75) is 13.8 Å². The van der Waals surface area contributed by atoms with Crippen LogP contribution in [0.25, 0.3) is 10.4 Å². The summed E-state index contributed by atoms with van der Waals surface area (Å²) in [4.78, 5) is 13.5. The molecule has 0 aliphatic rings. The summed E-state index contributed by atoms with van der Waals surface area (Å²) in [6, 6.07) is 7.87. The molecule has 0 saturated carbocycles. The molecule has 1 aromatic carbocycles. The minimum Gasteiger partial charge on any atom is -0.496 e. The Morgan fingerprint density at radius 3 is 2.53 bits per heavy atom. The molecule has 0 saturated heterocycles. The van der Waals surface area contributed by atoms with Crippen LogP contribution in [0.4, 0.5) is 0 Å². The van der Waals surface area contributed by atoms with Crippen LogP contribution in [0.2, 0.25) is 0 Å². The summed E-state index contributed by atoms with van der Waals surface area (Å²) < 4.78 is 5.13. The molecule has 1 heterocycles. The molecule has 0 radical (unpaired) electrons. The van der Waals surface area contributed by atoms with E-state index in [0.29, 0.717) is 11.3 Å². The van der Waals surface area contributed by atoms with Gasteiger partial charge in [0.15, 0.2) is 6.29 Å². The highest BCUT2D eigenvalue weighted by Crippen LogP contribution is 2.34. The third-order valence-corrected chi connectivity index (χ3v) is 3.86. The minimum atomic E-state index is 0.593. The molecule has 0 atom stereocenters. The van der Waals surface area contributed by atoms with Crippen molar-refractivity contribution in [3.8, 4) is 16.2 Å². The van der Waals surface area contributed by atoms with E-state index in [0.717, 1.165) is 11.8 Å². The van der Waals surface area contributed by atoms with Crippen LogP contribution in [0.15, 0.2) is 24.3 Å². The van der Waals surface area contributed by atoms with Crippen molar-refractivity contribution in [1.29, 1.82) is 0 Å². The standard InChI is InChI=1S/C14H14O2S/c1-9-6-10(2)17-14(9)11-4-5-13(16-3)12(7-11)8-15/h4-8H,1-3H3. The number of hydrogen-bond donors (Lipinski definition) is 0. The fourth-order valence-corrected chi connectivity index (χ4v) is 2.92. The van der Waals surface area contributed by atoms with Gasteiger partial charge in [0.25, 0.3) is 0 Å². The lowest BCUT2D eigenvalue weighted by Crippen LogP contribution is -1.90. The largest absolute Gasteiger partial charge is 0.496 e. The second-order valence-corrected chi connectivity index (χ2v) is 5.20. The van der Waals surface area contributed by atoms with E-state index in [2.05, 4.69) is 19.9 Å².